The van der Waals surface area contributed by atoms with Gasteiger partial charge < -0.3 is 10.1 Å². The molecule has 1 rings (SSSR count). The molecule has 0 amide bonds. The molecule has 0 aliphatic carbocycles. The Morgan fingerprint density at radius 3 is 2.82 bits per heavy atom. The van der Waals surface area contributed by atoms with E-state index in [1.807, 2.05) is 31.6 Å². The zero-order valence-corrected chi connectivity index (χ0v) is 11.0. The number of esters is 1. The van der Waals surface area contributed by atoms with Crippen molar-refractivity contribution in [1.82, 2.24) is 15.1 Å². The number of carbonyl (C=O) groups excluding carboxylic acids is 1. The number of hydrogen-bond acceptors (Lipinski definition) is 4. The molecule has 1 N–H and O–H groups in total. The van der Waals surface area contributed by atoms with Crippen LogP contribution in [0, 0.1) is 5.41 Å². The second-order valence-corrected chi connectivity index (χ2v) is 4.75. The third-order valence-electron chi connectivity index (χ3n) is 2.79. The fourth-order valence-corrected chi connectivity index (χ4v) is 1.61. The van der Waals surface area contributed by atoms with E-state index in [9.17, 15) is 4.79 Å². The fraction of sp³-hybridized carbons (Fsp3) is 0.667. The molecule has 0 aliphatic heterocycles. The summed E-state index contributed by atoms with van der Waals surface area (Å²) < 4.78 is 6.60. The van der Waals surface area contributed by atoms with Gasteiger partial charge in [0.25, 0.3) is 0 Å². The van der Waals surface area contributed by atoms with Crippen LogP contribution in [0.1, 0.15) is 19.5 Å². The average molecular weight is 239 g/mol. The van der Waals surface area contributed by atoms with Crippen molar-refractivity contribution in [3.8, 4) is 0 Å². The molecule has 0 fully saturated rings. The average Bonchev–Trinajstić information content (AvgIpc) is 2.69. The van der Waals surface area contributed by atoms with E-state index in [-0.39, 0.29) is 5.97 Å². The maximum Gasteiger partial charge on any atom is 0.312 e. The van der Waals surface area contributed by atoms with Gasteiger partial charge in [-0.15, -0.1) is 0 Å². The molecule has 5 heteroatoms. The predicted octanol–water partition coefficient (Wildman–Crippen LogP) is 0.751. The lowest BCUT2D eigenvalue weighted by Gasteiger charge is -2.21. The van der Waals surface area contributed by atoms with Gasteiger partial charge in [0.2, 0.25) is 0 Å². The predicted molar refractivity (Wildman–Crippen MR) is 65.6 cm³/mol. The molecule has 0 aliphatic rings. The monoisotopic (exact) mass is 239 g/mol. The van der Waals surface area contributed by atoms with E-state index in [1.54, 1.807) is 6.20 Å². The lowest BCUT2D eigenvalue weighted by molar-refractivity contribution is -0.150. The van der Waals surface area contributed by atoms with E-state index in [2.05, 4.69) is 10.4 Å². The Kier molecular flexibility index (Phi) is 4.69. The largest absolute Gasteiger partial charge is 0.469 e. The maximum atomic E-state index is 11.4. The Balaban J connectivity index is 2.29. The van der Waals surface area contributed by atoms with Crippen molar-refractivity contribution in [2.75, 3.05) is 20.2 Å². The van der Waals surface area contributed by atoms with Crippen LogP contribution in [0.3, 0.4) is 0 Å². The first-order valence-electron chi connectivity index (χ1n) is 5.73. The molecule has 0 saturated heterocycles. The zero-order chi connectivity index (χ0) is 12.9. The van der Waals surface area contributed by atoms with Crippen LogP contribution in [-0.4, -0.2) is 35.9 Å². The van der Waals surface area contributed by atoms with Gasteiger partial charge in [-0.2, -0.15) is 5.10 Å². The molecular formula is C12H21N3O2. The van der Waals surface area contributed by atoms with E-state index in [0.717, 1.165) is 13.0 Å². The van der Waals surface area contributed by atoms with Gasteiger partial charge in [-0.3, -0.25) is 9.48 Å². The summed E-state index contributed by atoms with van der Waals surface area (Å²) >= 11 is 0. The molecule has 5 nitrogen and oxygen atoms in total. The third-order valence-corrected chi connectivity index (χ3v) is 2.79. The van der Waals surface area contributed by atoms with Gasteiger partial charge in [-0.05, 0) is 19.9 Å². The third kappa shape index (κ3) is 3.85. The number of aryl methyl sites for hydroxylation is 1. The van der Waals surface area contributed by atoms with Crippen LogP contribution < -0.4 is 5.32 Å². The molecule has 0 spiro atoms. The van der Waals surface area contributed by atoms with Crippen LogP contribution >= 0.6 is 0 Å². The summed E-state index contributed by atoms with van der Waals surface area (Å²) in [6.07, 6.45) is 2.68. The van der Waals surface area contributed by atoms with E-state index in [1.165, 1.54) is 12.8 Å². The fourth-order valence-electron chi connectivity index (χ4n) is 1.61. The van der Waals surface area contributed by atoms with Crippen molar-refractivity contribution in [3.63, 3.8) is 0 Å². The molecule has 0 bridgehead atoms. The molecule has 0 atom stereocenters. The number of carbonyl (C=O) groups is 1. The van der Waals surface area contributed by atoms with Gasteiger partial charge in [-0.25, -0.2) is 0 Å². The minimum atomic E-state index is -0.485. The number of nitrogens with zero attached hydrogens (tertiary/aromatic N) is 2. The highest BCUT2D eigenvalue weighted by molar-refractivity contribution is 5.76. The highest BCUT2D eigenvalue weighted by Crippen LogP contribution is 2.15. The van der Waals surface area contributed by atoms with Crippen LogP contribution in [0.2, 0.25) is 0 Å². The van der Waals surface area contributed by atoms with E-state index in [4.69, 9.17) is 4.74 Å². The van der Waals surface area contributed by atoms with Gasteiger partial charge in [0.05, 0.1) is 12.5 Å². The Labute approximate surface area is 102 Å². The summed E-state index contributed by atoms with van der Waals surface area (Å²) in [6, 6.07) is 1.99. The molecule has 1 aromatic rings. The van der Waals surface area contributed by atoms with Crippen LogP contribution in [0.5, 0.6) is 0 Å². The highest BCUT2D eigenvalue weighted by Gasteiger charge is 2.27. The summed E-state index contributed by atoms with van der Waals surface area (Å²) in [5.74, 6) is -0.189. The van der Waals surface area contributed by atoms with E-state index < -0.39 is 5.41 Å². The van der Waals surface area contributed by atoms with Crippen LogP contribution in [0.15, 0.2) is 12.3 Å². The lowest BCUT2D eigenvalue weighted by atomic mass is 9.94. The quantitative estimate of drug-likeness (QED) is 0.588. The first kappa shape index (κ1) is 13.7. The van der Waals surface area contributed by atoms with Crippen LogP contribution in [-0.2, 0) is 23.0 Å². The topological polar surface area (TPSA) is 56.1 Å². The number of rotatable bonds is 6. The number of ether oxygens (including phenoxy) is 1. The smallest absolute Gasteiger partial charge is 0.312 e. The molecule has 1 aromatic heterocycles. The molecule has 1 heterocycles. The van der Waals surface area contributed by atoms with Gasteiger partial charge in [0.1, 0.15) is 0 Å². The lowest BCUT2D eigenvalue weighted by Crippen LogP contribution is -2.37. The maximum absolute atomic E-state index is 11.4. The molecular weight excluding hydrogens is 218 g/mol. The Bertz CT molecular complexity index is 372. The van der Waals surface area contributed by atoms with E-state index in [0.29, 0.717) is 6.54 Å². The van der Waals surface area contributed by atoms with Crippen molar-refractivity contribution < 1.29 is 9.53 Å². The van der Waals surface area contributed by atoms with E-state index >= 15 is 0 Å². The number of nitrogens with one attached hydrogen (secondary N) is 1. The number of aromatic nitrogens is 2. The van der Waals surface area contributed by atoms with Gasteiger partial charge in [0.15, 0.2) is 0 Å². The van der Waals surface area contributed by atoms with Crippen molar-refractivity contribution in [2.24, 2.45) is 12.5 Å². The number of hydrogen-bond donors (Lipinski definition) is 1. The SMILES string of the molecule is COC(=O)C(C)(C)CNCCc1ccnn1C. The minimum absolute atomic E-state index is 0.189. The van der Waals surface area contributed by atoms with Gasteiger partial charge in [0, 0.05) is 38.4 Å². The highest BCUT2D eigenvalue weighted by atomic mass is 16.5. The summed E-state index contributed by atoms with van der Waals surface area (Å²) in [5.41, 5.74) is 0.690. The second-order valence-electron chi connectivity index (χ2n) is 4.75. The molecule has 0 radical (unpaired) electrons. The van der Waals surface area contributed by atoms with Gasteiger partial charge in [-0.1, -0.05) is 0 Å². The normalized spacial score (nSPS) is 11.5. The number of methoxy groups -OCH3 is 1. The summed E-state index contributed by atoms with van der Waals surface area (Å²) in [5, 5.41) is 7.36. The standard InChI is InChI=1S/C12H21N3O2/c1-12(2,11(16)17-4)9-13-7-5-10-6-8-14-15(10)3/h6,8,13H,5,7,9H2,1-4H3. The zero-order valence-electron chi connectivity index (χ0n) is 11.0. The van der Waals surface area contributed by atoms with Gasteiger partial charge >= 0.3 is 5.97 Å². The summed E-state index contributed by atoms with van der Waals surface area (Å²) in [4.78, 5) is 11.4. The molecule has 0 aromatic carbocycles. The second kappa shape index (κ2) is 5.82. The Morgan fingerprint density at radius 2 is 2.29 bits per heavy atom. The van der Waals surface area contributed by atoms with Crippen molar-refractivity contribution >= 4 is 5.97 Å². The molecule has 0 unspecified atom stereocenters. The molecule has 0 saturated carbocycles. The molecule has 17 heavy (non-hydrogen) atoms. The van der Waals surface area contributed by atoms with Crippen LogP contribution in [0.4, 0.5) is 0 Å². The minimum Gasteiger partial charge on any atom is -0.469 e. The summed E-state index contributed by atoms with van der Waals surface area (Å²) in [7, 11) is 3.34. The summed E-state index contributed by atoms with van der Waals surface area (Å²) in [6.45, 7) is 5.17. The Morgan fingerprint density at radius 1 is 1.59 bits per heavy atom. The van der Waals surface area contributed by atoms with Crippen LogP contribution in [0.25, 0.3) is 0 Å². The first-order valence-corrected chi connectivity index (χ1v) is 5.73. The molecule has 96 valence electrons. The Hall–Kier alpha value is -1.36. The van der Waals surface area contributed by atoms with Crippen molar-refractivity contribution in [2.45, 2.75) is 20.3 Å². The van der Waals surface area contributed by atoms with Crippen molar-refractivity contribution in [1.29, 1.82) is 0 Å². The first-order chi connectivity index (χ1) is 7.97. The van der Waals surface area contributed by atoms with Crippen molar-refractivity contribution in [3.05, 3.63) is 18.0 Å².